The van der Waals surface area contributed by atoms with Gasteiger partial charge in [0.05, 0.1) is 16.8 Å². The van der Waals surface area contributed by atoms with E-state index < -0.39 is 11.8 Å². The zero-order valence-corrected chi connectivity index (χ0v) is 16.9. The van der Waals surface area contributed by atoms with Gasteiger partial charge in [-0.3, -0.25) is 0 Å². The van der Waals surface area contributed by atoms with Crippen molar-refractivity contribution in [1.82, 2.24) is 0 Å². The third kappa shape index (κ3) is 4.47. The van der Waals surface area contributed by atoms with Crippen LogP contribution in [-0.2, 0) is 9.53 Å². The maximum Gasteiger partial charge on any atom is 0.363 e. The highest BCUT2D eigenvalue weighted by atomic mass is 127. The zero-order valence-electron chi connectivity index (χ0n) is 14.8. The Morgan fingerprint density at radius 1 is 1.19 bits per heavy atom. The molecular weight excluding hydrogens is 464 g/mol. The molecule has 0 saturated heterocycles. The Bertz CT molecular complexity index is 940. The van der Waals surface area contributed by atoms with Crippen molar-refractivity contribution in [2.24, 2.45) is 4.99 Å². The molecule has 1 aliphatic rings. The van der Waals surface area contributed by atoms with Crippen LogP contribution in [0.5, 0.6) is 11.5 Å². The standard InChI is InChI=1S/C20H17FINO4/c1-3-25-17-10-12(8-15(22)18(17)26-4-2)9-16-20(24)27-19(23-16)13-6-5-7-14(21)11-13/h5-11H,3-4H2,1-2H3/b16-9-. The summed E-state index contributed by atoms with van der Waals surface area (Å²) in [5.41, 5.74) is 1.27. The zero-order chi connectivity index (χ0) is 19.4. The number of carbonyl (C=O) groups excluding carboxylic acids is 1. The second-order valence-electron chi connectivity index (χ2n) is 5.54. The minimum atomic E-state index is -0.587. The molecule has 2 aromatic rings. The van der Waals surface area contributed by atoms with Crippen LogP contribution in [0.4, 0.5) is 4.39 Å². The van der Waals surface area contributed by atoms with E-state index in [2.05, 4.69) is 27.6 Å². The van der Waals surface area contributed by atoms with Crippen molar-refractivity contribution < 1.29 is 23.4 Å². The number of aliphatic imine (C=N–C) groups is 1. The number of nitrogens with zero attached hydrogens (tertiary/aromatic N) is 1. The molecule has 5 nitrogen and oxygen atoms in total. The Kier molecular flexibility index (Phi) is 6.10. The van der Waals surface area contributed by atoms with Gasteiger partial charge in [0.25, 0.3) is 0 Å². The molecule has 2 aromatic carbocycles. The molecule has 0 aromatic heterocycles. The van der Waals surface area contributed by atoms with Crippen LogP contribution in [-0.4, -0.2) is 25.1 Å². The van der Waals surface area contributed by atoms with Crippen LogP contribution in [0.3, 0.4) is 0 Å². The summed E-state index contributed by atoms with van der Waals surface area (Å²) in [6, 6.07) is 9.39. The van der Waals surface area contributed by atoms with Crippen molar-refractivity contribution in [2.75, 3.05) is 13.2 Å². The van der Waals surface area contributed by atoms with E-state index in [4.69, 9.17) is 14.2 Å². The topological polar surface area (TPSA) is 57.1 Å². The number of esters is 1. The summed E-state index contributed by atoms with van der Waals surface area (Å²) < 4.78 is 30.7. The van der Waals surface area contributed by atoms with E-state index in [1.54, 1.807) is 18.2 Å². The Labute approximate surface area is 170 Å². The molecule has 0 fully saturated rings. The SMILES string of the molecule is CCOc1cc(/C=C2\N=C(c3cccc(F)c3)OC2=O)cc(I)c1OCC. The average molecular weight is 481 g/mol. The molecule has 0 N–H and O–H groups in total. The van der Waals surface area contributed by atoms with Gasteiger partial charge in [-0.2, -0.15) is 0 Å². The third-order valence-corrected chi connectivity index (χ3v) is 4.42. The van der Waals surface area contributed by atoms with Crippen molar-refractivity contribution in [3.05, 3.63) is 62.6 Å². The van der Waals surface area contributed by atoms with Gasteiger partial charge in [0.2, 0.25) is 5.90 Å². The van der Waals surface area contributed by atoms with Gasteiger partial charge >= 0.3 is 5.97 Å². The summed E-state index contributed by atoms with van der Waals surface area (Å²) in [7, 11) is 0. The number of benzene rings is 2. The first-order valence-corrected chi connectivity index (χ1v) is 9.47. The highest BCUT2D eigenvalue weighted by Crippen LogP contribution is 2.35. The Balaban J connectivity index is 1.97. The number of ether oxygens (including phenoxy) is 3. The van der Waals surface area contributed by atoms with E-state index >= 15 is 0 Å². The third-order valence-electron chi connectivity index (χ3n) is 3.62. The number of cyclic esters (lactones) is 1. The maximum atomic E-state index is 13.4. The van der Waals surface area contributed by atoms with E-state index in [1.165, 1.54) is 18.2 Å². The monoisotopic (exact) mass is 481 g/mol. The summed E-state index contributed by atoms with van der Waals surface area (Å²) in [6.45, 7) is 4.79. The van der Waals surface area contributed by atoms with Gasteiger partial charge in [-0.15, -0.1) is 0 Å². The minimum Gasteiger partial charge on any atom is -0.490 e. The minimum absolute atomic E-state index is 0.0800. The largest absolute Gasteiger partial charge is 0.490 e. The van der Waals surface area contributed by atoms with Crippen LogP contribution < -0.4 is 9.47 Å². The highest BCUT2D eigenvalue weighted by Gasteiger charge is 2.24. The normalized spacial score (nSPS) is 14.9. The van der Waals surface area contributed by atoms with Gasteiger partial charge in [-0.05, 0) is 78.4 Å². The molecule has 0 radical (unpaired) electrons. The fourth-order valence-electron chi connectivity index (χ4n) is 2.53. The quantitative estimate of drug-likeness (QED) is 0.345. The van der Waals surface area contributed by atoms with Crippen LogP contribution in [0.25, 0.3) is 6.08 Å². The molecule has 0 unspecified atom stereocenters. The number of hydrogen-bond acceptors (Lipinski definition) is 5. The number of rotatable bonds is 6. The van der Waals surface area contributed by atoms with E-state index in [9.17, 15) is 9.18 Å². The predicted octanol–water partition coefficient (Wildman–Crippen LogP) is 4.57. The molecule has 7 heteroatoms. The van der Waals surface area contributed by atoms with Gasteiger partial charge in [0.15, 0.2) is 17.2 Å². The fourth-order valence-corrected chi connectivity index (χ4v) is 3.31. The van der Waals surface area contributed by atoms with E-state index in [-0.39, 0.29) is 11.6 Å². The maximum absolute atomic E-state index is 13.4. The average Bonchev–Trinajstić information content (AvgIpc) is 2.99. The van der Waals surface area contributed by atoms with Crippen molar-refractivity contribution in [3.8, 4) is 11.5 Å². The van der Waals surface area contributed by atoms with Gasteiger partial charge < -0.3 is 14.2 Å². The predicted molar refractivity (Wildman–Crippen MR) is 109 cm³/mol. The van der Waals surface area contributed by atoms with Crippen molar-refractivity contribution in [1.29, 1.82) is 0 Å². The number of carbonyl (C=O) groups is 1. The molecule has 0 atom stereocenters. The smallest absolute Gasteiger partial charge is 0.363 e. The van der Waals surface area contributed by atoms with Gasteiger partial charge in [-0.25, -0.2) is 14.2 Å². The summed E-state index contributed by atoms with van der Waals surface area (Å²) in [5, 5.41) is 0. The van der Waals surface area contributed by atoms with Crippen molar-refractivity contribution >= 4 is 40.5 Å². The lowest BCUT2D eigenvalue weighted by Gasteiger charge is -2.13. The van der Waals surface area contributed by atoms with E-state index in [0.717, 1.165) is 9.13 Å². The lowest BCUT2D eigenvalue weighted by molar-refractivity contribution is -0.129. The lowest BCUT2D eigenvalue weighted by Crippen LogP contribution is -2.05. The molecule has 0 bridgehead atoms. The van der Waals surface area contributed by atoms with Gasteiger partial charge in [0.1, 0.15) is 5.82 Å². The summed E-state index contributed by atoms with van der Waals surface area (Å²) in [6.07, 6.45) is 1.61. The van der Waals surface area contributed by atoms with Crippen LogP contribution in [0, 0.1) is 9.39 Å². The fraction of sp³-hybridized carbons (Fsp3) is 0.200. The van der Waals surface area contributed by atoms with Crippen LogP contribution >= 0.6 is 22.6 Å². The second-order valence-corrected chi connectivity index (χ2v) is 6.70. The molecule has 0 saturated carbocycles. The lowest BCUT2D eigenvalue weighted by atomic mass is 10.1. The summed E-state index contributed by atoms with van der Waals surface area (Å²) in [4.78, 5) is 16.4. The molecule has 0 spiro atoms. The molecule has 3 rings (SSSR count). The number of halogens is 2. The molecular formula is C20H17FINO4. The van der Waals surface area contributed by atoms with Gasteiger partial charge in [0, 0.05) is 5.56 Å². The summed E-state index contributed by atoms with van der Waals surface area (Å²) in [5.74, 6) is 0.331. The Morgan fingerprint density at radius 3 is 2.67 bits per heavy atom. The van der Waals surface area contributed by atoms with Crippen molar-refractivity contribution in [3.63, 3.8) is 0 Å². The molecule has 0 amide bonds. The molecule has 27 heavy (non-hydrogen) atoms. The van der Waals surface area contributed by atoms with Crippen molar-refractivity contribution in [2.45, 2.75) is 13.8 Å². The Hall–Kier alpha value is -2.42. The molecule has 0 aliphatic carbocycles. The van der Waals surface area contributed by atoms with E-state index in [0.29, 0.717) is 30.3 Å². The second kappa shape index (κ2) is 8.51. The first-order valence-electron chi connectivity index (χ1n) is 8.39. The molecule has 140 valence electrons. The highest BCUT2D eigenvalue weighted by molar-refractivity contribution is 14.1. The first-order chi connectivity index (χ1) is 13.0. The van der Waals surface area contributed by atoms with E-state index in [1.807, 2.05) is 19.9 Å². The first kappa shape index (κ1) is 19.3. The molecule has 1 heterocycles. The summed E-state index contributed by atoms with van der Waals surface area (Å²) >= 11 is 2.16. The Morgan fingerprint density at radius 2 is 1.96 bits per heavy atom. The van der Waals surface area contributed by atoms with Crippen LogP contribution in [0.2, 0.25) is 0 Å². The van der Waals surface area contributed by atoms with Crippen LogP contribution in [0.15, 0.2) is 47.1 Å². The van der Waals surface area contributed by atoms with Gasteiger partial charge in [-0.1, -0.05) is 6.07 Å². The molecule has 1 aliphatic heterocycles. The number of hydrogen-bond donors (Lipinski definition) is 0. The van der Waals surface area contributed by atoms with Crippen LogP contribution in [0.1, 0.15) is 25.0 Å².